The Balaban J connectivity index is 4.68. The van der Waals surface area contributed by atoms with Crippen molar-refractivity contribution in [2.75, 3.05) is 0 Å². The van der Waals surface area contributed by atoms with E-state index in [0.717, 1.165) is 6.08 Å². The minimum Gasteiger partial charge on any atom is -0.478 e. The lowest BCUT2D eigenvalue weighted by molar-refractivity contribution is -0.135. The number of carbonyl (C=O) groups is 2. The van der Waals surface area contributed by atoms with Crippen LogP contribution >= 0.6 is 0 Å². The van der Waals surface area contributed by atoms with Gasteiger partial charge in [0.1, 0.15) is 0 Å². The van der Waals surface area contributed by atoms with Crippen LogP contribution in [0.4, 0.5) is 0 Å². The molecule has 0 saturated heterocycles. The second-order valence-electron chi connectivity index (χ2n) is 2.40. The SMILES string of the molecule is O=C(O)C=C(CC=CS(=O)(=O)O)C(=O)O. The van der Waals surface area contributed by atoms with E-state index in [1.807, 2.05) is 0 Å². The van der Waals surface area contributed by atoms with Gasteiger partial charge in [-0.2, -0.15) is 8.42 Å². The second kappa shape index (κ2) is 5.27. The highest BCUT2D eigenvalue weighted by molar-refractivity contribution is 7.88. The highest BCUT2D eigenvalue weighted by Crippen LogP contribution is 2.03. The first-order valence-corrected chi connectivity index (χ1v) is 5.03. The summed E-state index contributed by atoms with van der Waals surface area (Å²) in [5.74, 6) is -2.93. The Kier molecular flexibility index (Phi) is 4.68. The number of allylic oxidation sites excluding steroid dienone is 1. The van der Waals surface area contributed by atoms with Crippen molar-refractivity contribution in [3.63, 3.8) is 0 Å². The molecular formula is C7H8O7S. The molecule has 15 heavy (non-hydrogen) atoms. The lowest BCUT2D eigenvalue weighted by Gasteiger charge is -1.94. The Morgan fingerprint density at radius 3 is 2.07 bits per heavy atom. The molecule has 0 saturated carbocycles. The number of rotatable bonds is 5. The van der Waals surface area contributed by atoms with Crippen LogP contribution in [0.3, 0.4) is 0 Å². The average Bonchev–Trinajstić information content (AvgIpc) is 1.99. The van der Waals surface area contributed by atoms with Crippen LogP contribution in [0.2, 0.25) is 0 Å². The van der Waals surface area contributed by atoms with Gasteiger partial charge in [0.15, 0.2) is 0 Å². The molecule has 0 aliphatic heterocycles. The number of aliphatic carboxylic acids is 2. The van der Waals surface area contributed by atoms with E-state index < -0.39 is 34.1 Å². The molecule has 0 radical (unpaired) electrons. The molecule has 0 unspecified atom stereocenters. The van der Waals surface area contributed by atoms with Gasteiger partial charge in [0.05, 0.1) is 5.41 Å². The van der Waals surface area contributed by atoms with Crippen molar-refractivity contribution in [1.82, 2.24) is 0 Å². The third-order valence-corrected chi connectivity index (χ3v) is 1.71. The number of carboxylic acid groups (broad SMARTS) is 2. The van der Waals surface area contributed by atoms with Crippen molar-refractivity contribution in [3.8, 4) is 0 Å². The minimum atomic E-state index is -4.32. The van der Waals surface area contributed by atoms with Crippen LogP contribution in [0.5, 0.6) is 0 Å². The largest absolute Gasteiger partial charge is 0.478 e. The van der Waals surface area contributed by atoms with E-state index in [-0.39, 0.29) is 0 Å². The van der Waals surface area contributed by atoms with E-state index in [0.29, 0.717) is 11.5 Å². The van der Waals surface area contributed by atoms with Gasteiger partial charge in [-0.25, -0.2) is 9.59 Å². The van der Waals surface area contributed by atoms with Crippen LogP contribution in [-0.4, -0.2) is 35.1 Å². The maximum Gasteiger partial charge on any atom is 0.332 e. The third-order valence-electron chi connectivity index (χ3n) is 1.18. The molecule has 84 valence electrons. The van der Waals surface area contributed by atoms with Gasteiger partial charge in [-0.3, -0.25) is 4.55 Å². The zero-order chi connectivity index (χ0) is 12.1. The van der Waals surface area contributed by atoms with Crippen molar-refractivity contribution >= 4 is 22.1 Å². The summed E-state index contributed by atoms with van der Waals surface area (Å²) in [5.41, 5.74) is -0.498. The summed E-state index contributed by atoms with van der Waals surface area (Å²) >= 11 is 0. The van der Waals surface area contributed by atoms with Gasteiger partial charge in [-0.15, -0.1) is 0 Å². The maximum absolute atomic E-state index is 10.4. The van der Waals surface area contributed by atoms with Crippen molar-refractivity contribution in [1.29, 1.82) is 0 Å². The van der Waals surface area contributed by atoms with E-state index in [9.17, 15) is 18.0 Å². The summed E-state index contributed by atoms with van der Waals surface area (Å²) in [6, 6.07) is 0. The van der Waals surface area contributed by atoms with Crippen LogP contribution < -0.4 is 0 Å². The molecule has 0 rings (SSSR count). The van der Waals surface area contributed by atoms with Crippen LogP contribution in [0.1, 0.15) is 6.42 Å². The molecule has 8 heteroatoms. The highest BCUT2D eigenvalue weighted by atomic mass is 32.2. The molecule has 3 N–H and O–H groups in total. The first-order valence-electron chi connectivity index (χ1n) is 3.53. The first kappa shape index (κ1) is 13.3. The highest BCUT2D eigenvalue weighted by Gasteiger charge is 2.07. The van der Waals surface area contributed by atoms with Crippen molar-refractivity contribution < 1.29 is 32.8 Å². The van der Waals surface area contributed by atoms with Crippen LogP contribution in [-0.2, 0) is 19.7 Å². The van der Waals surface area contributed by atoms with Crippen molar-refractivity contribution in [3.05, 3.63) is 23.1 Å². The van der Waals surface area contributed by atoms with E-state index in [1.165, 1.54) is 0 Å². The topological polar surface area (TPSA) is 129 Å². The summed E-state index contributed by atoms with van der Waals surface area (Å²) in [5, 5.41) is 17.1. The van der Waals surface area contributed by atoms with Gasteiger partial charge < -0.3 is 10.2 Å². The van der Waals surface area contributed by atoms with E-state index in [4.69, 9.17) is 14.8 Å². The van der Waals surface area contributed by atoms with Crippen LogP contribution in [0.25, 0.3) is 0 Å². The standard InChI is InChI=1S/C7H8O7S/c8-6(9)4-5(7(10)11)2-1-3-15(12,13)14/h1,3-4H,2H2,(H,8,9)(H,10,11)(H,12,13,14). The van der Waals surface area contributed by atoms with Crippen LogP contribution in [0, 0.1) is 0 Å². The smallest absolute Gasteiger partial charge is 0.332 e. The quantitative estimate of drug-likeness (QED) is 0.448. The Bertz CT molecular complexity index is 415. The zero-order valence-electron chi connectivity index (χ0n) is 7.32. The van der Waals surface area contributed by atoms with E-state index in [1.54, 1.807) is 0 Å². The van der Waals surface area contributed by atoms with Gasteiger partial charge in [-0.05, 0) is 6.42 Å². The fourth-order valence-corrected chi connectivity index (χ4v) is 0.993. The molecule has 0 aromatic carbocycles. The summed E-state index contributed by atoms with van der Waals surface area (Å²) in [6.45, 7) is 0. The minimum absolute atomic E-state index is 0.381. The van der Waals surface area contributed by atoms with Gasteiger partial charge in [0, 0.05) is 11.6 Å². The fraction of sp³-hybridized carbons (Fsp3) is 0.143. The number of carboxylic acids is 2. The number of hydrogen-bond donors (Lipinski definition) is 3. The second-order valence-corrected chi connectivity index (χ2v) is 3.71. The predicted octanol–water partition coefficient (Wildman–Crippen LogP) is -0.126. The third kappa shape index (κ3) is 7.40. The lowest BCUT2D eigenvalue weighted by atomic mass is 10.2. The van der Waals surface area contributed by atoms with Crippen LogP contribution in [0.15, 0.2) is 23.1 Å². The van der Waals surface area contributed by atoms with Crippen molar-refractivity contribution in [2.24, 2.45) is 0 Å². The molecule has 0 bridgehead atoms. The Morgan fingerprint density at radius 1 is 1.20 bits per heavy atom. The molecule has 0 spiro atoms. The van der Waals surface area contributed by atoms with E-state index >= 15 is 0 Å². The molecule has 7 nitrogen and oxygen atoms in total. The Labute approximate surface area is 85.1 Å². The molecule has 0 atom stereocenters. The molecule has 0 aliphatic rings. The molecule has 0 aliphatic carbocycles. The van der Waals surface area contributed by atoms with Crippen molar-refractivity contribution in [2.45, 2.75) is 6.42 Å². The molecule has 0 aromatic heterocycles. The predicted molar refractivity (Wildman–Crippen MR) is 48.7 cm³/mol. The van der Waals surface area contributed by atoms with E-state index in [2.05, 4.69) is 0 Å². The number of hydrogen-bond acceptors (Lipinski definition) is 4. The molecule has 0 amide bonds. The summed E-state index contributed by atoms with van der Waals surface area (Å²) in [7, 11) is -4.32. The average molecular weight is 236 g/mol. The van der Waals surface area contributed by atoms with Gasteiger partial charge in [-0.1, -0.05) is 6.08 Å². The monoisotopic (exact) mass is 236 g/mol. The van der Waals surface area contributed by atoms with Gasteiger partial charge in [0.2, 0.25) is 0 Å². The normalized spacial score (nSPS) is 13.0. The summed E-state index contributed by atoms with van der Waals surface area (Å²) in [6.07, 6.45) is 0.857. The van der Waals surface area contributed by atoms with Gasteiger partial charge >= 0.3 is 11.9 Å². The maximum atomic E-state index is 10.4. The molecule has 0 aromatic rings. The first-order chi connectivity index (χ1) is 6.72. The summed E-state index contributed by atoms with van der Waals surface area (Å²) < 4.78 is 28.6. The molecule has 0 fully saturated rings. The Hall–Kier alpha value is -1.67. The Morgan fingerprint density at radius 2 is 1.73 bits per heavy atom. The van der Waals surface area contributed by atoms with Gasteiger partial charge in [0.25, 0.3) is 10.1 Å². The molecular weight excluding hydrogens is 228 g/mol. The lowest BCUT2D eigenvalue weighted by Crippen LogP contribution is -2.03. The zero-order valence-corrected chi connectivity index (χ0v) is 8.14. The fourth-order valence-electron chi connectivity index (χ4n) is 0.654. The molecule has 0 heterocycles. The summed E-state index contributed by atoms with van der Waals surface area (Å²) in [4.78, 5) is 20.6.